The Morgan fingerprint density at radius 1 is 1.00 bits per heavy atom. The van der Waals surface area contributed by atoms with Gasteiger partial charge in [-0.15, -0.1) is 0 Å². The van der Waals surface area contributed by atoms with Crippen LogP contribution in [0.4, 0.5) is 0 Å². The van der Waals surface area contributed by atoms with Crippen LogP contribution in [0.2, 0.25) is 0 Å². The highest BCUT2D eigenvalue weighted by Crippen LogP contribution is 2.48. The lowest BCUT2D eigenvalue weighted by Gasteiger charge is -2.33. The summed E-state index contributed by atoms with van der Waals surface area (Å²) < 4.78 is 0. The highest BCUT2D eigenvalue weighted by atomic mass is 14.4. The molecule has 0 bridgehead atoms. The third kappa shape index (κ3) is 2.06. The summed E-state index contributed by atoms with van der Waals surface area (Å²) in [4.78, 5) is 0. The number of hydrogen-bond donors (Lipinski definition) is 0. The average molecular weight is 228 g/mol. The summed E-state index contributed by atoms with van der Waals surface area (Å²) in [6.45, 7) is 6.92. The van der Waals surface area contributed by atoms with Crippen molar-refractivity contribution in [1.29, 1.82) is 0 Å². The minimum atomic E-state index is 0.349. The molecule has 0 saturated heterocycles. The Morgan fingerprint density at radius 3 is 2.47 bits per heavy atom. The van der Waals surface area contributed by atoms with E-state index in [0.717, 1.165) is 0 Å². The topological polar surface area (TPSA) is 0 Å². The minimum absolute atomic E-state index is 0.349. The van der Waals surface area contributed by atoms with Crippen LogP contribution in [0.3, 0.4) is 0 Å². The summed E-state index contributed by atoms with van der Waals surface area (Å²) in [5.41, 5.74) is 4.96. The molecule has 0 saturated carbocycles. The zero-order chi connectivity index (χ0) is 12.3. The van der Waals surface area contributed by atoms with Crippen LogP contribution in [0, 0.1) is 0 Å². The maximum atomic E-state index is 2.40. The van der Waals surface area contributed by atoms with Gasteiger partial charge in [-0.25, -0.2) is 0 Å². The van der Waals surface area contributed by atoms with Crippen LogP contribution in [0.25, 0.3) is 6.08 Å². The molecule has 0 heteroatoms. The van der Waals surface area contributed by atoms with Crippen molar-refractivity contribution in [3.05, 3.63) is 41.0 Å². The molecular weight excluding hydrogens is 204 g/mol. The van der Waals surface area contributed by atoms with Crippen LogP contribution in [0.5, 0.6) is 0 Å². The number of rotatable bonds is 5. The molecule has 1 aromatic carbocycles. The van der Waals surface area contributed by atoms with Gasteiger partial charge in [-0.05, 0) is 30.9 Å². The van der Waals surface area contributed by atoms with Gasteiger partial charge in [-0.1, -0.05) is 69.0 Å². The van der Waals surface area contributed by atoms with Crippen LogP contribution in [0.15, 0.2) is 29.8 Å². The molecule has 92 valence electrons. The van der Waals surface area contributed by atoms with Crippen LogP contribution in [-0.2, 0) is 5.41 Å². The molecule has 0 nitrogen and oxygen atoms in total. The number of benzene rings is 1. The van der Waals surface area contributed by atoms with Crippen molar-refractivity contribution in [2.24, 2.45) is 0 Å². The summed E-state index contributed by atoms with van der Waals surface area (Å²) in [6, 6.07) is 8.96. The Kier molecular flexibility index (Phi) is 3.71. The molecule has 17 heavy (non-hydrogen) atoms. The standard InChI is InChI=1S/C17H24/c1-4-6-12-17(11-5-2)14(3)13-15-9-7-8-10-16(15)17/h7-10,13H,4-6,11-12H2,1-3H3. The van der Waals surface area contributed by atoms with E-state index in [0.29, 0.717) is 5.41 Å². The predicted octanol–water partition coefficient (Wildman–Crippen LogP) is 5.33. The normalized spacial score (nSPS) is 22.4. The van der Waals surface area contributed by atoms with Gasteiger partial charge in [-0.3, -0.25) is 0 Å². The smallest absolute Gasteiger partial charge is 0.0168 e. The lowest BCUT2D eigenvalue weighted by Crippen LogP contribution is -2.25. The summed E-state index contributed by atoms with van der Waals surface area (Å²) in [5.74, 6) is 0. The Balaban J connectivity index is 2.41. The van der Waals surface area contributed by atoms with Crippen molar-refractivity contribution in [2.75, 3.05) is 0 Å². The Hall–Kier alpha value is -1.04. The number of allylic oxidation sites excluding steroid dienone is 1. The van der Waals surface area contributed by atoms with Gasteiger partial charge in [0.2, 0.25) is 0 Å². The van der Waals surface area contributed by atoms with Crippen molar-refractivity contribution in [1.82, 2.24) is 0 Å². The summed E-state index contributed by atoms with van der Waals surface area (Å²) in [6.07, 6.45) is 8.91. The molecule has 0 N–H and O–H groups in total. The SMILES string of the molecule is CCCCC1(CCC)C(C)=Cc2ccccc21. The molecule has 1 atom stereocenters. The van der Waals surface area contributed by atoms with Crippen LogP contribution >= 0.6 is 0 Å². The molecule has 0 fully saturated rings. The molecule has 0 heterocycles. The maximum absolute atomic E-state index is 2.40. The monoisotopic (exact) mass is 228 g/mol. The van der Waals surface area contributed by atoms with Gasteiger partial charge in [0.1, 0.15) is 0 Å². The molecule has 0 aromatic heterocycles. The summed E-state index contributed by atoms with van der Waals surface area (Å²) in [7, 11) is 0. The molecule has 0 aliphatic heterocycles. The Bertz CT molecular complexity index is 414. The lowest BCUT2D eigenvalue weighted by atomic mass is 9.71. The van der Waals surface area contributed by atoms with Gasteiger partial charge in [-0.2, -0.15) is 0 Å². The lowest BCUT2D eigenvalue weighted by molar-refractivity contribution is 0.415. The molecule has 0 radical (unpaired) electrons. The molecule has 1 unspecified atom stereocenters. The fraction of sp³-hybridized carbons (Fsp3) is 0.529. The van der Waals surface area contributed by atoms with Gasteiger partial charge in [0.05, 0.1) is 0 Å². The summed E-state index contributed by atoms with van der Waals surface area (Å²) >= 11 is 0. The molecule has 0 amide bonds. The third-order valence-corrected chi connectivity index (χ3v) is 4.24. The van der Waals surface area contributed by atoms with Crippen molar-refractivity contribution >= 4 is 6.08 Å². The van der Waals surface area contributed by atoms with Gasteiger partial charge in [0, 0.05) is 5.41 Å². The second-order valence-corrected chi connectivity index (χ2v) is 5.35. The van der Waals surface area contributed by atoms with E-state index in [9.17, 15) is 0 Å². The third-order valence-electron chi connectivity index (χ3n) is 4.24. The fourth-order valence-corrected chi connectivity index (χ4v) is 3.34. The predicted molar refractivity (Wildman–Crippen MR) is 76.2 cm³/mol. The summed E-state index contributed by atoms with van der Waals surface area (Å²) in [5, 5.41) is 0. The molecule has 0 spiro atoms. The van der Waals surface area contributed by atoms with Crippen LogP contribution in [-0.4, -0.2) is 0 Å². The fourth-order valence-electron chi connectivity index (χ4n) is 3.34. The quantitative estimate of drug-likeness (QED) is 0.639. The van der Waals surface area contributed by atoms with Crippen molar-refractivity contribution < 1.29 is 0 Å². The molecule has 1 aromatic rings. The molecule has 1 aliphatic rings. The highest BCUT2D eigenvalue weighted by molar-refractivity contribution is 5.68. The zero-order valence-electron chi connectivity index (χ0n) is 11.4. The Morgan fingerprint density at radius 2 is 1.76 bits per heavy atom. The van der Waals surface area contributed by atoms with Gasteiger partial charge in [0.25, 0.3) is 0 Å². The van der Waals surface area contributed by atoms with Gasteiger partial charge < -0.3 is 0 Å². The molecular formula is C17H24. The van der Waals surface area contributed by atoms with Crippen molar-refractivity contribution in [3.8, 4) is 0 Å². The zero-order valence-corrected chi connectivity index (χ0v) is 11.4. The first kappa shape index (κ1) is 12.4. The number of hydrogen-bond acceptors (Lipinski definition) is 0. The van der Waals surface area contributed by atoms with E-state index in [-0.39, 0.29) is 0 Å². The Labute approximate surface area is 106 Å². The van der Waals surface area contributed by atoms with E-state index in [4.69, 9.17) is 0 Å². The second-order valence-electron chi connectivity index (χ2n) is 5.35. The van der Waals surface area contributed by atoms with Gasteiger partial charge in [0.15, 0.2) is 0 Å². The van der Waals surface area contributed by atoms with Crippen LogP contribution < -0.4 is 0 Å². The molecule has 1 aliphatic carbocycles. The first-order valence-corrected chi connectivity index (χ1v) is 7.03. The van der Waals surface area contributed by atoms with E-state index in [1.54, 1.807) is 11.1 Å². The molecule has 2 rings (SSSR count). The number of unbranched alkanes of at least 4 members (excludes halogenated alkanes) is 1. The average Bonchev–Trinajstić information content (AvgIpc) is 2.61. The maximum Gasteiger partial charge on any atom is 0.0168 e. The van der Waals surface area contributed by atoms with E-state index in [1.807, 2.05) is 0 Å². The van der Waals surface area contributed by atoms with Gasteiger partial charge >= 0.3 is 0 Å². The first-order chi connectivity index (χ1) is 8.24. The van der Waals surface area contributed by atoms with Crippen LogP contribution in [0.1, 0.15) is 64.0 Å². The van der Waals surface area contributed by atoms with Crippen molar-refractivity contribution in [2.45, 2.75) is 58.3 Å². The van der Waals surface area contributed by atoms with E-state index in [2.05, 4.69) is 51.1 Å². The van der Waals surface area contributed by atoms with E-state index in [1.165, 1.54) is 37.7 Å². The minimum Gasteiger partial charge on any atom is -0.0654 e. The van der Waals surface area contributed by atoms with E-state index >= 15 is 0 Å². The largest absolute Gasteiger partial charge is 0.0654 e. The van der Waals surface area contributed by atoms with E-state index < -0.39 is 0 Å². The highest BCUT2D eigenvalue weighted by Gasteiger charge is 2.37. The van der Waals surface area contributed by atoms with Crippen molar-refractivity contribution in [3.63, 3.8) is 0 Å². The number of fused-ring (bicyclic) bond motifs is 1. The first-order valence-electron chi connectivity index (χ1n) is 7.03. The second kappa shape index (κ2) is 5.08.